The number of benzene rings is 1. The van der Waals surface area contributed by atoms with E-state index in [1.807, 2.05) is 31.2 Å². The van der Waals surface area contributed by atoms with Gasteiger partial charge in [-0.15, -0.1) is 0 Å². The van der Waals surface area contributed by atoms with E-state index in [4.69, 9.17) is 4.42 Å². The van der Waals surface area contributed by atoms with Gasteiger partial charge in [0.25, 0.3) is 0 Å². The summed E-state index contributed by atoms with van der Waals surface area (Å²) in [5.74, 6) is 0.680. The summed E-state index contributed by atoms with van der Waals surface area (Å²) in [6.45, 7) is 4.09. The second kappa shape index (κ2) is 6.58. The molecule has 2 heterocycles. The summed E-state index contributed by atoms with van der Waals surface area (Å²) in [4.78, 5) is 9.66. The molecule has 0 atom stereocenters. The van der Waals surface area contributed by atoms with Gasteiger partial charge in [0.2, 0.25) is 0 Å². The van der Waals surface area contributed by atoms with Gasteiger partial charge < -0.3 is 9.40 Å². The number of hydrogen-bond acceptors (Lipinski definition) is 3. The Balaban J connectivity index is 1.76. The van der Waals surface area contributed by atoms with Crippen LogP contribution in [0.25, 0.3) is 0 Å². The third kappa shape index (κ3) is 3.62. The van der Waals surface area contributed by atoms with Gasteiger partial charge in [-0.25, -0.2) is 9.37 Å². The van der Waals surface area contributed by atoms with E-state index in [1.165, 1.54) is 12.1 Å². The van der Waals surface area contributed by atoms with E-state index < -0.39 is 0 Å². The Morgan fingerprint density at radius 1 is 1.14 bits per heavy atom. The summed E-state index contributed by atoms with van der Waals surface area (Å²) in [5.41, 5.74) is 3.12. The maximum Gasteiger partial charge on any atom is 0.123 e. The number of H-pyrrole nitrogens is 1. The molecule has 2 aromatic heterocycles. The van der Waals surface area contributed by atoms with Crippen molar-refractivity contribution in [3.8, 4) is 0 Å². The number of aromatic nitrogens is 2. The molecule has 4 nitrogen and oxygen atoms in total. The molecule has 0 aliphatic heterocycles. The number of furan rings is 1. The Hall–Kier alpha value is -2.40. The van der Waals surface area contributed by atoms with Crippen molar-refractivity contribution in [2.45, 2.75) is 26.6 Å². The molecule has 0 aliphatic rings. The first-order chi connectivity index (χ1) is 10.7. The Kier molecular flexibility index (Phi) is 4.34. The summed E-state index contributed by atoms with van der Waals surface area (Å²) in [6, 6.07) is 10.4. The minimum atomic E-state index is -0.218. The predicted octanol–water partition coefficient (Wildman–Crippen LogP) is 3.65. The van der Waals surface area contributed by atoms with Crippen LogP contribution in [0.5, 0.6) is 0 Å². The second-order valence-electron chi connectivity index (χ2n) is 5.33. The molecule has 3 aromatic rings. The van der Waals surface area contributed by atoms with Gasteiger partial charge in [0, 0.05) is 18.8 Å². The van der Waals surface area contributed by atoms with Crippen molar-refractivity contribution in [2.75, 3.05) is 0 Å². The van der Waals surface area contributed by atoms with Crippen LogP contribution in [0, 0.1) is 12.7 Å². The van der Waals surface area contributed by atoms with E-state index in [0.717, 1.165) is 22.7 Å². The van der Waals surface area contributed by atoms with Gasteiger partial charge in [-0.2, -0.15) is 0 Å². The van der Waals surface area contributed by atoms with E-state index in [1.54, 1.807) is 12.6 Å². The lowest BCUT2D eigenvalue weighted by atomic mass is 10.2. The minimum absolute atomic E-state index is 0.218. The molecule has 3 rings (SSSR count). The van der Waals surface area contributed by atoms with Crippen molar-refractivity contribution in [1.29, 1.82) is 0 Å². The fourth-order valence-electron chi connectivity index (χ4n) is 2.40. The first kappa shape index (κ1) is 14.5. The molecule has 0 fully saturated rings. The molecule has 0 amide bonds. The van der Waals surface area contributed by atoms with Gasteiger partial charge in [0.15, 0.2) is 0 Å². The number of aryl methyl sites for hydroxylation is 1. The van der Waals surface area contributed by atoms with E-state index in [9.17, 15) is 4.39 Å². The van der Waals surface area contributed by atoms with Crippen LogP contribution in [0.1, 0.15) is 22.7 Å². The van der Waals surface area contributed by atoms with Gasteiger partial charge in [-0.3, -0.25) is 4.90 Å². The van der Waals surface area contributed by atoms with Crippen molar-refractivity contribution < 1.29 is 8.81 Å². The quantitative estimate of drug-likeness (QED) is 0.755. The lowest BCUT2D eigenvalue weighted by Gasteiger charge is -2.20. The van der Waals surface area contributed by atoms with Crippen LogP contribution in [0.15, 0.2) is 53.4 Å². The average molecular weight is 299 g/mol. The SMILES string of the molecule is Cc1[nH]cnc1CN(Cc1ccc(F)cc1)Cc1ccco1. The molecular weight excluding hydrogens is 281 g/mol. The molecule has 22 heavy (non-hydrogen) atoms. The molecule has 0 aliphatic carbocycles. The summed E-state index contributed by atoms with van der Waals surface area (Å²) < 4.78 is 18.5. The Morgan fingerprint density at radius 2 is 1.95 bits per heavy atom. The zero-order valence-corrected chi connectivity index (χ0v) is 12.4. The van der Waals surface area contributed by atoms with Crippen LogP contribution in [0.3, 0.4) is 0 Å². The number of imidazole rings is 1. The van der Waals surface area contributed by atoms with Crippen LogP contribution >= 0.6 is 0 Å². The topological polar surface area (TPSA) is 45.1 Å². The van der Waals surface area contributed by atoms with E-state index >= 15 is 0 Å². The van der Waals surface area contributed by atoms with E-state index in [0.29, 0.717) is 19.6 Å². The number of aromatic amines is 1. The zero-order chi connectivity index (χ0) is 15.4. The zero-order valence-electron chi connectivity index (χ0n) is 12.4. The third-order valence-electron chi connectivity index (χ3n) is 3.59. The first-order valence-electron chi connectivity index (χ1n) is 7.19. The Morgan fingerprint density at radius 3 is 2.59 bits per heavy atom. The van der Waals surface area contributed by atoms with Crippen LogP contribution < -0.4 is 0 Å². The van der Waals surface area contributed by atoms with Crippen molar-refractivity contribution in [1.82, 2.24) is 14.9 Å². The van der Waals surface area contributed by atoms with Gasteiger partial charge in [-0.1, -0.05) is 12.1 Å². The van der Waals surface area contributed by atoms with Gasteiger partial charge in [0.1, 0.15) is 11.6 Å². The number of nitrogens with one attached hydrogen (secondary N) is 1. The Labute approximate surface area is 128 Å². The largest absolute Gasteiger partial charge is 0.468 e. The highest BCUT2D eigenvalue weighted by Crippen LogP contribution is 2.15. The molecule has 1 N–H and O–H groups in total. The monoisotopic (exact) mass is 299 g/mol. The molecule has 114 valence electrons. The van der Waals surface area contributed by atoms with Crippen molar-refractivity contribution >= 4 is 0 Å². The number of halogens is 1. The lowest BCUT2D eigenvalue weighted by Crippen LogP contribution is -2.22. The molecular formula is C17H18FN3O. The van der Waals surface area contributed by atoms with E-state index in [2.05, 4.69) is 14.9 Å². The second-order valence-corrected chi connectivity index (χ2v) is 5.33. The van der Waals surface area contributed by atoms with Crippen LogP contribution in [0.4, 0.5) is 4.39 Å². The smallest absolute Gasteiger partial charge is 0.123 e. The normalized spacial score (nSPS) is 11.2. The first-order valence-corrected chi connectivity index (χ1v) is 7.19. The highest BCUT2D eigenvalue weighted by atomic mass is 19.1. The maximum atomic E-state index is 13.0. The van der Waals surface area contributed by atoms with E-state index in [-0.39, 0.29) is 5.82 Å². The lowest BCUT2D eigenvalue weighted by molar-refractivity contribution is 0.224. The number of rotatable bonds is 6. The molecule has 0 bridgehead atoms. The van der Waals surface area contributed by atoms with Gasteiger partial charge in [0.05, 0.1) is 24.8 Å². The Bertz CT molecular complexity index is 704. The van der Waals surface area contributed by atoms with Crippen molar-refractivity contribution in [3.63, 3.8) is 0 Å². The number of hydrogen-bond donors (Lipinski definition) is 1. The molecule has 0 saturated heterocycles. The molecule has 0 saturated carbocycles. The van der Waals surface area contributed by atoms with Gasteiger partial charge >= 0.3 is 0 Å². The molecule has 0 unspecified atom stereocenters. The summed E-state index contributed by atoms with van der Waals surface area (Å²) >= 11 is 0. The average Bonchev–Trinajstić information content (AvgIpc) is 3.14. The predicted molar refractivity (Wildman–Crippen MR) is 81.4 cm³/mol. The molecule has 0 spiro atoms. The maximum absolute atomic E-state index is 13.0. The van der Waals surface area contributed by atoms with Crippen LogP contribution in [-0.2, 0) is 19.6 Å². The summed E-state index contributed by atoms with van der Waals surface area (Å²) in [7, 11) is 0. The number of nitrogens with zero attached hydrogens (tertiary/aromatic N) is 2. The van der Waals surface area contributed by atoms with Crippen LogP contribution in [-0.4, -0.2) is 14.9 Å². The third-order valence-corrected chi connectivity index (χ3v) is 3.59. The minimum Gasteiger partial charge on any atom is -0.468 e. The summed E-state index contributed by atoms with van der Waals surface area (Å²) in [6.07, 6.45) is 3.37. The standard InChI is InChI=1S/C17H18FN3O/c1-13-17(20-12-19-13)11-21(10-16-3-2-8-22-16)9-14-4-6-15(18)7-5-14/h2-8,12H,9-11H2,1H3,(H,19,20). The summed E-state index contributed by atoms with van der Waals surface area (Å²) in [5, 5.41) is 0. The molecule has 5 heteroatoms. The highest BCUT2D eigenvalue weighted by molar-refractivity contribution is 5.17. The highest BCUT2D eigenvalue weighted by Gasteiger charge is 2.12. The molecule has 0 radical (unpaired) electrons. The fraction of sp³-hybridized carbons (Fsp3) is 0.235. The van der Waals surface area contributed by atoms with Crippen LogP contribution in [0.2, 0.25) is 0 Å². The molecule has 1 aromatic carbocycles. The van der Waals surface area contributed by atoms with Crippen molar-refractivity contribution in [2.24, 2.45) is 0 Å². The fourth-order valence-corrected chi connectivity index (χ4v) is 2.40. The van der Waals surface area contributed by atoms with Gasteiger partial charge in [-0.05, 0) is 36.8 Å². The van der Waals surface area contributed by atoms with Crippen molar-refractivity contribution in [3.05, 3.63) is 77.5 Å².